The summed E-state index contributed by atoms with van der Waals surface area (Å²) < 4.78 is 0. The van der Waals surface area contributed by atoms with Gasteiger partial charge in [-0.2, -0.15) is 5.10 Å². The Morgan fingerprint density at radius 3 is 2.62 bits per heavy atom. The molecule has 2 aromatic heterocycles. The topological polar surface area (TPSA) is 96.7 Å². The Hall–Kier alpha value is -2.89. The second kappa shape index (κ2) is 5.33. The van der Waals surface area contributed by atoms with Gasteiger partial charge in [0, 0.05) is 30.1 Å². The van der Waals surface area contributed by atoms with E-state index in [0.29, 0.717) is 17.9 Å². The zero-order chi connectivity index (χ0) is 16.8. The number of carbonyl (C=O) groups excluding carboxylic acids is 1. The molecular formula is C18H19N5O. The number of rotatable bonds is 2. The fourth-order valence-electron chi connectivity index (χ4n) is 3.60. The predicted octanol–water partition coefficient (Wildman–Crippen LogP) is 2.43. The largest absolute Gasteiger partial charge is 0.384 e. The molecule has 1 aromatic carbocycles. The van der Waals surface area contributed by atoms with Gasteiger partial charge in [0.25, 0.3) is 0 Å². The summed E-state index contributed by atoms with van der Waals surface area (Å²) in [6.07, 6.45) is 0.566. The Balaban J connectivity index is 1.77. The molecule has 0 bridgehead atoms. The van der Waals surface area contributed by atoms with Gasteiger partial charge in [0.15, 0.2) is 5.65 Å². The number of H-pyrrole nitrogens is 1. The van der Waals surface area contributed by atoms with Crippen LogP contribution >= 0.6 is 0 Å². The Labute approximate surface area is 139 Å². The summed E-state index contributed by atoms with van der Waals surface area (Å²) in [7, 11) is 0. The van der Waals surface area contributed by atoms with Crippen molar-refractivity contribution in [2.45, 2.75) is 26.2 Å². The van der Waals surface area contributed by atoms with Gasteiger partial charge in [-0.3, -0.25) is 9.89 Å². The van der Waals surface area contributed by atoms with E-state index in [0.717, 1.165) is 34.3 Å². The summed E-state index contributed by atoms with van der Waals surface area (Å²) in [5.41, 5.74) is 12.0. The highest BCUT2D eigenvalue weighted by atomic mass is 16.1. The molecule has 0 saturated carbocycles. The normalized spacial score (nSPS) is 17.4. The van der Waals surface area contributed by atoms with Crippen LogP contribution in [0.2, 0.25) is 0 Å². The van der Waals surface area contributed by atoms with Crippen molar-refractivity contribution in [2.24, 2.45) is 0 Å². The summed E-state index contributed by atoms with van der Waals surface area (Å²) >= 11 is 0. The van der Waals surface area contributed by atoms with E-state index in [-0.39, 0.29) is 11.8 Å². The maximum Gasteiger partial charge on any atom is 0.220 e. The standard InChI is InChI=1S/C18H19N5O/c1-9-15(10(2)21-18-16(9)17(19)22-23-18)12-5-3-11(4-6-12)13-7-14(24)20-8-13/h3-6,13H,7-8H2,1-2H3,(H,20,24)(H3,19,21,22,23). The highest BCUT2D eigenvalue weighted by molar-refractivity contribution is 5.94. The molecule has 0 radical (unpaired) electrons. The van der Waals surface area contributed by atoms with Gasteiger partial charge in [0.05, 0.1) is 5.39 Å². The smallest absolute Gasteiger partial charge is 0.220 e. The molecule has 3 heterocycles. The van der Waals surface area contributed by atoms with Gasteiger partial charge in [-0.15, -0.1) is 0 Å². The second-order valence-corrected chi connectivity index (χ2v) is 6.36. The predicted molar refractivity (Wildman–Crippen MR) is 93.6 cm³/mol. The minimum atomic E-state index is 0.126. The first-order valence-corrected chi connectivity index (χ1v) is 8.02. The number of carbonyl (C=O) groups is 1. The number of hydrogen-bond acceptors (Lipinski definition) is 4. The van der Waals surface area contributed by atoms with Crippen molar-refractivity contribution in [3.63, 3.8) is 0 Å². The van der Waals surface area contributed by atoms with Crippen molar-refractivity contribution < 1.29 is 4.79 Å². The molecule has 0 spiro atoms. The third kappa shape index (κ3) is 2.22. The Morgan fingerprint density at radius 1 is 1.21 bits per heavy atom. The number of pyridine rings is 1. The number of amides is 1. The summed E-state index contributed by atoms with van der Waals surface area (Å²) in [4.78, 5) is 16.0. The van der Waals surface area contributed by atoms with E-state index in [1.807, 2.05) is 13.8 Å². The van der Waals surface area contributed by atoms with Gasteiger partial charge >= 0.3 is 0 Å². The lowest BCUT2D eigenvalue weighted by molar-refractivity contribution is -0.119. The number of fused-ring (bicyclic) bond motifs is 1. The first kappa shape index (κ1) is 14.7. The molecule has 1 fully saturated rings. The second-order valence-electron chi connectivity index (χ2n) is 6.36. The Morgan fingerprint density at radius 2 is 1.96 bits per heavy atom. The third-order valence-corrected chi connectivity index (χ3v) is 4.81. The zero-order valence-electron chi connectivity index (χ0n) is 13.7. The van der Waals surface area contributed by atoms with E-state index >= 15 is 0 Å². The molecule has 1 unspecified atom stereocenters. The Bertz CT molecular complexity index is 942. The SMILES string of the molecule is Cc1nc2n[nH]c(N)c2c(C)c1-c1ccc(C2CNC(=O)C2)cc1. The van der Waals surface area contributed by atoms with E-state index in [1.54, 1.807) is 0 Å². The van der Waals surface area contributed by atoms with Crippen molar-refractivity contribution in [1.29, 1.82) is 0 Å². The molecule has 1 aliphatic heterocycles. The van der Waals surface area contributed by atoms with Gasteiger partial charge in [-0.25, -0.2) is 4.98 Å². The number of anilines is 1. The Kier molecular flexibility index (Phi) is 3.26. The average molecular weight is 321 g/mol. The number of nitrogens with two attached hydrogens (primary N) is 1. The van der Waals surface area contributed by atoms with E-state index in [2.05, 4.69) is 44.8 Å². The number of nitrogens with zero attached hydrogens (tertiary/aromatic N) is 2. The molecule has 4 rings (SSSR count). The lowest BCUT2D eigenvalue weighted by Gasteiger charge is -2.13. The minimum absolute atomic E-state index is 0.126. The number of aromatic amines is 1. The van der Waals surface area contributed by atoms with Crippen LogP contribution in [0.1, 0.15) is 29.2 Å². The molecule has 6 nitrogen and oxygen atoms in total. The molecule has 4 N–H and O–H groups in total. The lowest BCUT2D eigenvalue weighted by Crippen LogP contribution is -2.13. The van der Waals surface area contributed by atoms with Crippen LogP contribution in [0.25, 0.3) is 22.2 Å². The maximum atomic E-state index is 11.4. The summed E-state index contributed by atoms with van der Waals surface area (Å²) in [5, 5.41) is 10.7. The van der Waals surface area contributed by atoms with Crippen molar-refractivity contribution in [1.82, 2.24) is 20.5 Å². The van der Waals surface area contributed by atoms with Crippen LogP contribution in [0.5, 0.6) is 0 Å². The van der Waals surface area contributed by atoms with Crippen LogP contribution in [0, 0.1) is 13.8 Å². The molecular weight excluding hydrogens is 302 g/mol. The van der Waals surface area contributed by atoms with Crippen LogP contribution in [0.15, 0.2) is 24.3 Å². The highest BCUT2D eigenvalue weighted by Gasteiger charge is 2.23. The minimum Gasteiger partial charge on any atom is -0.384 e. The first-order chi connectivity index (χ1) is 11.5. The van der Waals surface area contributed by atoms with Crippen molar-refractivity contribution in [3.8, 4) is 11.1 Å². The fourth-order valence-corrected chi connectivity index (χ4v) is 3.60. The molecule has 1 atom stereocenters. The number of nitrogen functional groups attached to an aromatic ring is 1. The fraction of sp³-hybridized carbons (Fsp3) is 0.278. The zero-order valence-corrected chi connectivity index (χ0v) is 13.7. The van der Waals surface area contributed by atoms with Crippen molar-refractivity contribution in [2.75, 3.05) is 12.3 Å². The molecule has 122 valence electrons. The van der Waals surface area contributed by atoms with Gasteiger partial charge < -0.3 is 11.1 Å². The third-order valence-electron chi connectivity index (χ3n) is 4.81. The number of nitrogens with one attached hydrogen (secondary N) is 2. The first-order valence-electron chi connectivity index (χ1n) is 8.02. The number of benzene rings is 1. The van der Waals surface area contributed by atoms with Crippen LogP contribution in [-0.4, -0.2) is 27.6 Å². The molecule has 0 aliphatic carbocycles. The van der Waals surface area contributed by atoms with Gasteiger partial charge in [0.2, 0.25) is 5.91 Å². The van der Waals surface area contributed by atoms with E-state index in [4.69, 9.17) is 5.73 Å². The van der Waals surface area contributed by atoms with Crippen molar-refractivity contribution in [3.05, 3.63) is 41.1 Å². The van der Waals surface area contributed by atoms with E-state index < -0.39 is 0 Å². The number of hydrogen-bond donors (Lipinski definition) is 3. The average Bonchev–Trinajstić information content (AvgIpc) is 3.14. The summed E-state index contributed by atoms with van der Waals surface area (Å²) in [5.74, 6) is 0.933. The van der Waals surface area contributed by atoms with Crippen molar-refractivity contribution >= 4 is 22.8 Å². The molecule has 6 heteroatoms. The number of aromatic nitrogens is 3. The molecule has 3 aromatic rings. The van der Waals surface area contributed by atoms with Gasteiger partial charge in [0.1, 0.15) is 5.82 Å². The quantitative estimate of drug-likeness (QED) is 0.675. The van der Waals surface area contributed by atoms with E-state index in [9.17, 15) is 4.79 Å². The van der Waals surface area contributed by atoms with Crippen LogP contribution in [0.3, 0.4) is 0 Å². The number of aryl methyl sites for hydroxylation is 2. The molecule has 24 heavy (non-hydrogen) atoms. The maximum absolute atomic E-state index is 11.4. The van der Waals surface area contributed by atoms with Gasteiger partial charge in [-0.1, -0.05) is 24.3 Å². The molecule has 1 aliphatic rings. The monoisotopic (exact) mass is 321 g/mol. The molecule has 1 saturated heterocycles. The van der Waals surface area contributed by atoms with Gasteiger partial charge in [-0.05, 0) is 30.5 Å². The summed E-state index contributed by atoms with van der Waals surface area (Å²) in [6, 6.07) is 8.39. The lowest BCUT2D eigenvalue weighted by atomic mass is 9.93. The molecule has 1 amide bonds. The van der Waals surface area contributed by atoms with Crippen LogP contribution in [0.4, 0.5) is 5.82 Å². The van der Waals surface area contributed by atoms with Crippen LogP contribution < -0.4 is 11.1 Å². The van der Waals surface area contributed by atoms with E-state index in [1.165, 1.54) is 5.56 Å². The van der Waals surface area contributed by atoms with Crippen LogP contribution in [-0.2, 0) is 4.79 Å². The summed E-state index contributed by atoms with van der Waals surface area (Å²) in [6.45, 7) is 4.75. The highest BCUT2D eigenvalue weighted by Crippen LogP contribution is 2.34.